The highest BCUT2D eigenvalue weighted by atomic mass is 16.3. The Labute approximate surface area is 133 Å². The third-order valence-corrected chi connectivity index (χ3v) is 3.13. The molecule has 0 spiro atoms. The monoisotopic (exact) mass is 322 g/mol. The molecule has 8 nitrogen and oxygen atoms in total. The standard InChI is InChI=1S/C15H20N3O5/c1-9(20)13(15(23)17-6-7-19)18-14(22)12(16)8-10-2-4-11(21)5-3-10/h2-5,9,12-13,20-21H,6,8,16H2,1H3,(H,17,23)(H,18,22)/t9-,12-,13+/m0/s1. The minimum absolute atomic E-state index is 0.101. The van der Waals surface area contributed by atoms with Gasteiger partial charge in [-0.3, -0.25) is 14.4 Å². The van der Waals surface area contributed by atoms with Crippen LogP contribution in [-0.4, -0.2) is 53.0 Å². The summed E-state index contributed by atoms with van der Waals surface area (Å²) in [6.07, 6.45) is 0.520. The molecule has 0 bridgehead atoms. The first-order valence-electron chi connectivity index (χ1n) is 6.99. The number of phenolic OH excluding ortho intramolecular Hbond substituents is 1. The van der Waals surface area contributed by atoms with Gasteiger partial charge in [-0.05, 0) is 31.0 Å². The van der Waals surface area contributed by atoms with Crippen molar-refractivity contribution < 1.29 is 24.6 Å². The molecule has 23 heavy (non-hydrogen) atoms. The second-order valence-corrected chi connectivity index (χ2v) is 5.07. The van der Waals surface area contributed by atoms with Crippen molar-refractivity contribution in [3.63, 3.8) is 0 Å². The van der Waals surface area contributed by atoms with Gasteiger partial charge in [-0.25, -0.2) is 0 Å². The maximum Gasteiger partial charge on any atom is 0.245 e. The van der Waals surface area contributed by atoms with Crippen molar-refractivity contribution in [1.29, 1.82) is 0 Å². The molecule has 0 saturated carbocycles. The van der Waals surface area contributed by atoms with Gasteiger partial charge in [0.2, 0.25) is 18.1 Å². The van der Waals surface area contributed by atoms with E-state index >= 15 is 0 Å². The maximum absolute atomic E-state index is 12.1. The summed E-state index contributed by atoms with van der Waals surface area (Å²) >= 11 is 0. The van der Waals surface area contributed by atoms with Crippen LogP contribution >= 0.6 is 0 Å². The molecular weight excluding hydrogens is 302 g/mol. The highest BCUT2D eigenvalue weighted by molar-refractivity contribution is 5.90. The molecule has 1 aromatic rings. The first kappa shape index (κ1) is 18.6. The molecule has 0 heterocycles. The highest BCUT2D eigenvalue weighted by Crippen LogP contribution is 2.11. The van der Waals surface area contributed by atoms with Gasteiger partial charge < -0.3 is 26.6 Å². The third kappa shape index (κ3) is 6.05. The number of phenols is 1. The van der Waals surface area contributed by atoms with E-state index in [-0.39, 0.29) is 18.7 Å². The Kier molecular flexibility index (Phi) is 7.17. The Morgan fingerprint density at radius 2 is 1.87 bits per heavy atom. The summed E-state index contributed by atoms with van der Waals surface area (Å²) in [6, 6.07) is 4.04. The van der Waals surface area contributed by atoms with Gasteiger partial charge in [0.15, 0.2) is 0 Å². The van der Waals surface area contributed by atoms with Crippen LogP contribution in [0.5, 0.6) is 5.75 Å². The topological polar surface area (TPSA) is 142 Å². The Hall–Kier alpha value is -2.45. The number of amides is 2. The zero-order valence-electron chi connectivity index (χ0n) is 12.7. The number of rotatable bonds is 8. The van der Waals surface area contributed by atoms with Crippen LogP contribution < -0.4 is 16.4 Å². The van der Waals surface area contributed by atoms with E-state index in [2.05, 4.69) is 10.6 Å². The lowest BCUT2D eigenvalue weighted by Crippen LogP contribution is -2.56. The molecule has 0 aliphatic heterocycles. The molecule has 0 aliphatic carbocycles. The van der Waals surface area contributed by atoms with Crippen molar-refractivity contribution in [2.45, 2.75) is 31.5 Å². The van der Waals surface area contributed by atoms with E-state index in [1.165, 1.54) is 25.3 Å². The molecule has 6 N–H and O–H groups in total. The van der Waals surface area contributed by atoms with E-state index in [1.54, 1.807) is 12.1 Å². The van der Waals surface area contributed by atoms with Crippen molar-refractivity contribution in [2.75, 3.05) is 6.54 Å². The molecular formula is C15H20N3O5. The SMILES string of the molecule is C[C@H](O)[C@@H](NC(=O)[C@@H](N)Cc1ccc(O)cc1)C(=O)NC[C]=O. The van der Waals surface area contributed by atoms with Crippen LogP contribution in [0.15, 0.2) is 24.3 Å². The Morgan fingerprint density at radius 3 is 2.39 bits per heavy atom. The number of aliphatic hydroxyl groups is 1. The summed E-state index contributed by atoms with van der Waals surface area (Å²) in [5.74, 6) is -1.22. The number of hydrogen-bond donors (Lipinski definition) is 5. The number of carbonyl (C=O) groups is 2. The highest BCUT2D eigenvalue weighted by Gasteiger charge is 2.27. The molecule has 0 fully saturated rings. The lowest BCUT2D eigenvalue weighted by atomic mass is 10.0. The average molecular weight is 322 g/mol. The smallest absolute Gasteiger partial charge is 0.245 e. The summed E-state index contributed by atoms with van der Waals surface area (Å²) in [5, 5.41) is 23.4. The minimum Gasteiger partial charge on any atom is -0.508 e. The molecule has 1 radical (unpaired) electrons. The fraction of sp³-hybridized carbons (Fsp3) is 0.400. The fourth-order valence-electron chi connectivity index (χ4n) is 1.88. The van der Waals surface area contributed by atoms with Gasteiger partial charge in [-0.1, -0.05) is 12.1 Å². The van der Waals surface area contributed by atoms with Gasteiger partial charge in [0, 0.05) is 0 Å². The Balaban J connectivity index is 2.64. The first-order chi connectivity index (χ1) is 10.8. The van der Waals surface area contributed by atoms with Crippen molar-refractivity contribution in [1.82, 2.24) is 10.6 Å². The summed E-state index contributed by atoms with van der Waals surface area (Å²) in [5.41, 5.74) is 6.52. The van der Waals surface area contributed by atoms with Crippen LogP contribution in [0.2, 0.25) is 0 Å². The van der Waals surface area contributed by atoms with Crippen molar-refractivity contribution in [3.8, 4) is 5.75 Å². The van der Waals surface area contributed by atoms with E-state index in [4.69, 9.17) is 5.73 Å². The predicted octanol–water partition coefficient (Wildman–Crippen LogP) is -1.65. The number of aliphatic hydroxyl groups excluding tert-OH is 1. The second-order valence-electron chi connectivity index (χ2n) is 5.07. The number of nitrogens with two attached hydrogens (primary N) is 1. The average Bonchev–Trinajstić information content (AvgIpc) is 2.51. The van der Waals surface area contributed by atoms with E-state index < -0.39 is 30.0 Å². The zero-order chi connectivity index (χ0) is 17.4. The molecule has 0 aromatic heterocycles. The van der Waals surface area contributed by atoms with Crippen LogP contribution in [0.25, 0.3) is 0 Å². The molecule has 1 rings (SSSR count). The Morgan fingerprint density at radius 1 is 1.26 bits per heavy atom. The molecule has 0 aliphatic rings. The molecule has 0 saturated heterocycles. The lowest BCUT2D eigenvalue weighted by molar-refractivity contribution is -0.131. The first-order valence-corrected chi connectivity index (χ1v) is 6.99. The van der Waals surface area contributed by atoms with Gasteiger partial charge >= 0.3 is 0 Å². The van der Waals surface area contributed by atoms with E-state index in [0.717, 1.165) is 5.56 Å². The summed E-state index contributed by atoms with van der Waals surface area (Å²) < 4.78 is 0. The second kappa shape index (κ2) is 8.86. The molecule has 125 valence electrons. The molecule has 2 amide bonds. The number of carbonyl (C=O) groups excluding carboxylic acids is 3. The van der Waals surface area contributed by atoms with E-state index in [1.807, 2.05) is 0 Å². The Bertz CT molecular complexity index is 545. The quantitative estimate of drug-likeness (QED) is 0.388. The third-order valence-electron chi connectivity index (χ3n) is 3.13. The fourth-order valence-corrected chi connectivity index (χ4v) is 1.88. The zero-order valence-corrected chi connectivity index (χ0v) is 12.7. The van der Waals surface area contributed by atoms with Gasteiger partial charge in [0.1, 0.15) is 11.8 Å². The maximum atomic E-state index is 12.1. The van der Waals surface area contributed by atoms with Gasteiger partial charge in [0.25, 0.3) is 0 Å². The van der Waals surface area contributed by atoms with Crippen molar-refractivity contribution in [2.24, 2.45) is 5.73 Å². The van der Waals surface area contributed by atoms with Crippen LogP contribution in [0.4, 0.5) is 0 Å². The van der Waals surface area contributed by atoms with Crippen LogP contribution in [0, 0.1) is 0 Å². The van der Waals surface area contributed by atoms with E-state index in [9.17, 15) is 24.6 Å². The largest absolute Gasteiger partial charge is 0.508 e. The summed E-state index contributed by atoms with van der Waals surface area (Å²) in [4.78, 5) is 33.9. The molecule has 3 atom stereocenters. The lowest BCUT2D eigenvalue weighted by Gasteiger charge is -2.22. The number of hydrogen-bond acceptors (Lipinski definition) is 6. The van der Waals surface area contributed by atoms with Gasteiger partial charge in [-0.15, -0.1) is 0 Å². The normalized spacial score (nSPS) is 14.4. The molecule has 8 heteroatoms. The number of aromatic hydroxyl groups is 1. The van der Waals surface area contributed by atoms with Crippen molar-refractivity contribution in [3.05, 3.63) is 29.8 Å². The van der Waals surface area contributed by atoms with Crippen LogP contribution in [0.3, 0.4) is 0 Å². The molecule has 0 unspecified atom stereocenters. The van der Waals surface area contributed by atoms with Gasteiger partial charge in [-0.2, -0.15) is 0 Å². The van der Waals surface area contributed by atoms with Crippen LogP contribution in [-0.2, 0) is 20.8 Å². The summed E-state index contributed by atoms with van der Waals surface area (Å²) in [6.45, 7) is 0.998. The van der Waals surface area contributed by atoms with Crippen molar-refractivity contribution >= 4 is 18.1 Å². The number of nitrogens with one attached hydrogen (secondary N) is 2. The molecule has 1 aromatic carbocycles. The minimum atomic E-state index is -1.22. The predicted molar refractivity (Wildman–Crippen MR) is 82.1 cm³/mol. The van der Waals surface area contributed by atoms with Crippen LogP contribution in [0.1, 0.15) is 12.5 Å². The van der Waals surface area contributed by atoms with Gasteiger partial charge in [0.05, 0.1) is 18.7 Å². The van der Waals surface area contributed by atoms with E-state index in [0.29, 0.717) is 0 Å². The summed E-state index contributed by atoms with van der Waals surface area (Å²) in [7, 11) is 0. The number of benzene rings is 1.